The topological polar surface area (TPSA) is 53.5 Å². The Kier molecular flexibility index (Phi) is 6.70. The van der Waals surface area contributed by atoms with Gasteiger partial charge in [-0.3, -0.25) is 13.7 Å². The maximum absolute atomic E-state index is 4.59. The standard InChI is InChI=1S/C45H30N6/c1-4-10-43-40(7-1)46-28-49(43)37-19-13-31(14-20-37)34-25-35(32-15-21-38(22-16-32)50-29-47-41-8-2-5-11-44(41)50)27-36(26-34)33-17-23-39(24-18-33)51-30-48-42-9-3-6-12-45(42)51/h1-30H. The van der Waals surface area contributed by atoms with Crippen LogP contribution in [0.1, 0.15) is 0 Å². The van der Waals surface area contributed by atoms with Crippen LogP contribution in [0.2, 0.25) is 0 Å². The predicted octanol–water partition coefficient (Wildman–Crippen LogP) is 10.7. The van der Waals surface area contributed by atoms with Crippen LogP contribution >= 0.6 is 0 Å². The summed E-state index contributed by atoms with van der Waals surface area (Å²) in [6.07, 6.45) is 5.68. The van der Waals surface area contributed by atoms with E-state index in [1.54, 1.807) is 0 Å². The summed E-state index contributed by atoms with van der Waals surface area (Å²) in [5.74, 6) is 0. The molecule has 10 aromatic rings. The molecule has 240 valence electrons. The number of hydrogen-bond donors (Lipinski definition) is 0. The highest BCUT2D eigenvalue weighted by atomic mass is 15.1. The maximum Gasteiger partial charge on any atom is 0.100 e. The molecule has 3 aromatic heterocycles. The van der Waals surface area contributed by atoms with Crippen LogP contribution in [-0.2, 0) is 0 Å². The lowest BCUT2D eigenvalue weighted by molar-refractivity contribution is 1.09. The van der Waals surface area contributed by atoms with E-state index >= 15 is 0 Å². The van der Waals surface area contributed by atoms with Crippen molar-refractivity contribution in [2.45, 2.75) is 0 Å². The molecule has 0 amide bonds. The van der Waals surface area contributed by atoms with Gasteiger partial charge >= 0.3 is 0 Å². The first-order valence-electron chi connectivity index (χ1n) is 17.0. The zero-order chi connectivity index (χ0) is 33.7. The van der Waals surface area contributed by atoms with Crippen molar-refractivity contribution < 1.29 is 0 Å². The quantitative estimate of drug-likeness (QED) is 0.179. The normalized spacial score (nSPS) is 11.5. The number of imidazole rings is 3. The van der Waals surface area contributed by atoms with Crippen molar-refractivity contribution in [3.8, 4) is 50.4 Å². The Morgan fingerprint density at radius 1 is 0.275 bits per heavy atom. The van der Waals surface area contributed by atoms with Gasteiger partial charge in [0.25, 0.3) is 0 Å². The van der Waals surface area contributed by atoms with E-state index in [1.165, 1.54) is 0 Å². The number of benzene rings is 7. The summed E-state index contributed by atoms with van der Waals surface area (Å²) in [7, 11) is 0. The number of hydrogen-bond acceptors (Lipinski definition) is 3. The molecule has 0 aliphatic heterocycles. The number of fused-ring (bicyclic) bond motifs is 3. The highest BCUT2D eigenvalue weighted by Crippen LogP contribution is 2.35. The third-order valence-electron chi connectivity index (χ3n) is 9.73. The molecule has 0 radical (unpaired) electrons. The van der Waals surface area contributed by atoms with E-state index in [9.17, 15) is 0 Å². The van der Waals surface area contributed by atoms with Crippen molar-refractivity contribution >= 4 is 33.1 Å². The lowest BCUT2D eigenvalue weighted by Crippen LogP contribution is -1.93. The summed E-state index contributed by atoms with van der Waals surface area (Å²) in [5, 5.41) is 0. The summed E-state index contributed by atoms with van der Waals surface area (Å²) in [6, 6.07) is 57.8. The van der Waals surface area contributed by atoms with Gasteiger partial charge in [0.1, 0.15) is 19.0 Å². The molecule has 10 rings (SSSR count). The molecule has 0 unspecified atom stereocenters. The Bertz CT molecular complexity index is 2510. The number of para-hydroxylation sites is 6. The maximum atomic E-state index is 4.59. The zero-order valence-corrected chi connectivity index (χ0v) is 27.5. The molecule has 3 heterocycles. The first-order chi connectivity index (χ1) is 25.2. The second-order valence-corrected chi connectivity index (χ2v) is 12.7. The molecule has 0 saturated heterocycles. The fraction of sp³-hybridized carbons (Fsp3) is 0. The lowest BCUT2D eigenvalue weighted by atomic mass is 9.93. The van der Waals surface area contributed by atoms with Crippen LogP contribution in [0.4, 0.5) is 0 Å². The monoisotopic (exact) mass is 654 g/mol. The minimum atomic E-state index is 0.985. The molecule has 0 N–H and O–H groups in total. The number of rotatable bonds is 6. The van der Waals surface area contributed by atoms with E-state index < -0.39 is 0 Å². The molecule has 0 aliphatic rings. The Balaban J connectivity index is 1.05. The van der Waals surface area contributed by atoms with Crippen LogP contribution in [0.15, 0.2) is 183 Å². The first kappa shape index (κ1) is 28.9. The SMILES string of the molecule is c1ccc2c(c1)ncn2-c1ccc(-c2cc(-c3ccc(-n4cnc5ccccc54)cc3)cc(-c3ccc(-n4cnc5ccccc54)cc3)c2)cc1. The van der Waals surface area contributed by atoms with E-state index in [0.29, 0.717) is 0 Å². The molecule has 0 atom stereocenters. The average Bonchev–Trinajstić information content (AvgIpc) is 3.95. The van der Waals surface area contributed by atoms with E-state index in [2.05, 4.69) is 156 Å². The Morgan fingerprint density at radius 2 is 0.549 bits per heavy atom. The van der Waals surface area contributed by atoms with Gasteiger partial charge in [0, 0.05) is 17.1 Å². The van der Waals surface area contributed by atoms with Crippen LogP contribution < -0.4 is 0 Å². The van der Waals surface area contributed by atoms with Crippen molar-refractivity contribution in [3.63, 3.8) is 0 Å². The van der Waals surface area contributed by atoms with E-state index in [-0.39, 0.29) is 0 Å². The van der Waals surface area contributed by atoms with Gasteiger partial charge in [-0.15, -0.1) is 0 Å². The largest absolute Gasteiger partial charge is 0.299 e. The smallest absolute Gasteiger partial charge is 0.100 e. The van der Waals surface area contributed by atoms with Crippen LogP contribution in [0.5, 0.6) is 0 Å². The Labute approximate surface area is 294 Å². The van der Waals surface area contributed by atoms with Crippen molar-refractivity contribution in [2.24, 2.45) is 0 Å². The fourth-order valence-electron chi connectivity index (χ4n) is 7.07. The number of nitrogens with zero attached hydrogens (tertiary/aromatic N) is 6. The summed E-state index contributed by atoms with van der Waals surface area (Å²) >= 11 is 0. The molecule has 0 bridgehead atoms. The van der Waals surface area contributed by atoms with Crippen molar-refractivity contribution in [1.29, 1.82) is 0 Å². The van der Waals surface area contributed by atoms with Gasteiger partial charge in [-0.25, -0.2) is 15.0 Å². The van der Waals surface area contributed by atoms with Gasteiger partial charge in [0.05, 0.1) is 33.1 Å². The zero-order valence-electron chi connectivity index (χ0n) is 27.5. The van der Waals surface area contributed by atoms with Crippen LogP contribution in [0.25, 0.3) is 83.5 Å². The van der Waals surface area contributed by atoms with E-state index in [1.807, 2.05) is 55.4 Å². The molecule has 51 heavy (non-hydrogen) atoms. The van der Waals surface area contributed by atoms with E-state index in [4.69, 9.17) is 0 Å². The van der Waals surface area contributed by atoms with Crippen molar-refractivity contribution in [1.82, 2.24) is 28.7 Å². The Morgan fingerprint density at radius 3 is 0.843 bits per heavy atom. The third-order valence-corrected chi connectivity index (χ3v) is 9.73. The van der Waals surface area contributed by atoms with Gasteiger partial charge in [0.2, 0.25) is 0 Å². The van der Waals surface area contributed by atoms with Gasteiger partial charge in [0.15, 0.2) is 0 Å². The molecular weight excluding hydrogens is 625 g/mol. The van der Waals surface area contributed by atoms with Gasteiger partial charge < -0.3 is 0 Å². The van der Waals surface area contributed by atoms with Crippen LogP contribution in [0.3, 0.4) is 0 Å². The van der Waals surface area contributed by atoms with Gasteiger partial charge in [-0.05, 0) is 124 Å². The molecule has 0 aliphatic carbocycles. The minimum Gasteiger partial charge on any atom is -0.299 e. The summed E-state index contributed by atoms with van der Waals surface area (Å²) in [6.45, 7) is 0. The minimum absolute atomic E-state index is 0.985. The molecule has 7 aromatic carbocycles. The third kappa shape index (κ3) is 5.09. The van der Waals surface area contributed by atoms with Crippen LogP contribution in [-0.4, -0.2) is 28.7 Å². The molecule has 6 nitrogen and oxygen atoms in total. The second-order valence-electron chi connectivity index (χ2n) is 12.7. The predicted molar refractivity (Wildman–Crippen MR) is 207 cm³/mol. The molecule has 6 heteroatoms. The van der Waals surface area contributed by atoms with E-state index in [0.717, 1.165) is 83.5 Å². The summed E-state index contributed by atoms with van der Waals surface area (Å²) in [5.41, 5.74) is 16.4. The summed E-state index contributed by atoms with van der Waals surface area (Å²) in [4.78, 5) is 13.8. The highest BCUT2D eigenvalue weighted by molar-refractivity contribution is 5.84. The lowest BCUT2D eigenvalue weighted by Gasteiger charge is -2.13. The molecule has 0 spiro atoms. The van der Waals surface area contributed by atoms with Gasteiger partial charge in [-0.1, -0.05) is 72.8 Å². The fourth-order valence-corrected chi connectivity index (χ4v) is 7.07. The molecule has 0 fully saturated rings. The van der Waals surface area contributed by atoms with Crippen LogP contribution in [0, 0.1) is 0 Å². The Hall–Kier alpha value is -7.05. The summed E-state index contributed by atoms with van der Waals surface area (Å²) < 4.78 is 6.41. The van der Waals surface area contributed by atoms with Crippen molar-refractivity contribution in [3.05, 3.63) is 183 Å². The van der Waals surface area contributed by atoms with Gasteiger partial charge in [-0.2, -0.15) is 0 Å². The molecule has 0 saturated carbocycles. The second kappa shape index (κ2) is 11.8. The van der Waals surface area contributed by atoms with Crippen molar-refractivity contribution in [2.75, 3.05) is 0 Å². The number of aromatic nitrogens is 6. The first-order valence-corrected chi connectivity index (χ1v) is 17.0. The highest BCUT2D eigenvalue weighted by Gasteiger charge is 2.12. The average molecular weight is 655 g/mol. The molecular formula is C45H30N6.